The lowest BCUT2D eigenvalue weighted by molar-refractivity contribution is -0.131. The molecule has 0 radical (unpaired) electrons. The van der Waals surface area contributed by atoms with Crippen LogP contribution in [0.1, 0.15) is 52.0 Å². The van der Waals surface area contributed by atoms with Gasteiger partial charge in [0.25, 0.3) is 0 Å². The summed E-state index contributed by atoms with van der Waals surface area (Å²) in [4.78, 5) is 39.4. The summed E-state index contributed by atoms with van der Waals surface area (Å²) in [7, 11) is 1.57. The summed E-state index contributed by atoms with van der Waals surface area (Å²) < 4.78 is 19.0. The fraction of sp³-hybridized carbons (Fsp3) is 0.348. The maximum absolute atomic E-state index is 13.7. The minimum absolute atomic E-state index is 0.0111. The standard InChI is InChI=1S/C23H24FNO4/c1-15-14-16(9-11-21(15)29-2)23(28)19-8-5-13-25(19)22(27)12-10-20(26)17-6-3-4-7-18(17)24/h3-4,6-7,9,11,14,19H,5,8,10,12-13H2,1-2H3. The number of hydrogen-bond acceptors (Lipinski definition) is 4. The summed E-state index contributed by atoms with van der Waals surface area (Å²) in [6.45, 7) is 2.35. The molecule has 0 saturated carbocycles. The fourth-order valence-corrected chi connectivity index (χ4v) is 3.75. The van der Waals surface area contributed by atoms with Crippen LogP contribution in [0.15, 0.2) is 42.5 Å². The number of rotatable bonds is 7. The molecule has 1 amide bonds. The Kier molecular flexibility index (Phi) is 6.42. The Balaban J connectivity index is 1.66. The average Bonchev–Trinajstić information content (AvgIpc) is 3.21. The van der Waals surface area contributed by atoms with E-state index in [0.29, 0.717) is 24.3 Å². The highest BCUT2D eigenvalue weighted by Crippen LogP contribution is 2.25. The summed E-state index contributed by atoms with van der Waals surface area (Å²) in [6.07, 6.45) is 1.20. The Morgan fingerprint density at radius 3 is 2.59 bits per heavy atom. The third kappa shape index (κ3) is 4.53. The van der Waals surface area contributed by atoms with Gasteiger partial charge in [-0.15, -0.1) is 0 Å². The van der Waals surface area contributed by atoms with Gasteiger partial charge in [-0.3, -0.25) is 14.4 Å². The first-order valence-corrected chi connectivity index (χ1v) is 9.68. The molecule has 0 aromatic heterocycles. The molecule has 29 heavy (non-hydrogen) atoms. The van der Waals surface area contributed by atoms with Crippen LogP contribution in [-0.4, -0.2) is 42.1 Å². The van der Waals surface area contributed by atoms with Crippen molar-refractivity contribution in [1.82, 2.24) is 4.90 Å². The van der Waals surface area contributed by atoms with Crippen molar-refractivity contribution in [2.24, 2.45) is 0 Å². The normalized spacial score (nSPS) is 16.0. The first-order valence-electron chi connectivity index (χ1n) is 9.68. The zero-order valence-electron chi connectivity index (χ0n) is 16.6. The second-order valence-electron chi connectivity index (χ2n) is 7.20. The lowest BCUT2D eigenvalue weighted by Crippen LogP contribution is -2.40. The molecule has 5 nitrogen and oxygen atoms in total. The van der Waals surface area contributed by atoms with E-state index in [4.69, 9.17) is 4.74 Å². The molecule has 1 aliphatic heterocycles. The monoisotopic (exact) mass is 397 g/mol. The maximum Gasteiger partial charge on any atom is 0.223 e. The smallest absolute Gasteiger partial charge is 0.223 e. The SMILES string of the molecule is COc1ccc(C(=O)C2CCCN2C(=O)CCC(=O)c2ccccc2F)cc1C. The quantitative estimate of drug-likeness (QED) is 0.663. The zero-order chi connectivity index (χ0) is 21.0. The van der Waals surface area contributed by atoms with Gasteiger partial charge < -0.3 is 9.64 Å². The predicted octanol–water partition coefficient (Wildman–Crippen LogP) is 3.98. The van der Waals surface area contributed by atoms with E-state index < -0.39 is 17.6 Å². The van der Waals surface area contributed by atoms with Gasteiger partial charge in [0, 0.05) is 24.9 Å². The van der Waals surface area contributed by atoms with Crippen molar-refractivity contribution in [3.63, 3.8) is 0 Å². The second kappa shape index (κ2) is 8.99. The van der Waals surface area contributed by atoms with Crippen LogP contribution in [0, 0.1) is 12.7 Å². The molecule has 0 spiro atoms. The first-order chi connectivity index (χ1) is 13.9. The molecule has 2 aromatic rings. The van der Waals surface area contributed by atoms with Gasteiger partial charge >= 0.3 is 0 Å². The van der Waals surface area contributed by atoms with Crippen LogP contribution in [0.3, 0.4) is 0 Å². The molecule has 1 unspecified atom stereocenters. The Hall–Kier alpha value is -3.02. The number of benzene rings is 2. The van der Waals surface area contributed by atoms with E-state index in [1.165, 1.54) is 18.2 Å². The summed E-state index contributed by atoms with van der Waals surface area (Å²) in [6, 6.07) is 10.4. The summed E-state index contributed by atoms with van der Waals surface area (Å²) in [5, 5.41) is 0. The van der Waals surface area contributed by atoms with Crippen molar-refractivity contribution < 1.29 is 23.5 Å². The van der Waals surface area contributed by atoms with Crippen molar-refractivity contribution >= 4 is 17.5 Å². The van der Waals surface area contributed by atoms with Crippen LogP contribution in [-0.2, 0) is 4.79 Å². The van der Waals surface area contributed by atoms with E-state index in [9.17, 15) is 18.8 Å². The first kappa shape index (κ1) is 20.7. The zero-order valence-corrected chi connectivity index (χ0v) is 16.6. The van der Waals surface area contributed by atoms with Crippen LogP contribution in [0.5, 0.6) is 5.75 Å². The van der Waals surface area contributed by atoms with Gasteiger partial charge in [-0.1, -0.05) is 12.1 Å². The van der Waals surface area contributed by atoms with E-state index in [1.54, 1.807) is 36.3 Å². The van der Waals surface area contributed by atoms with Crippen molar-refractivity contribution in [2.75, 3.05) is 13.7 Å². The summed E-state index contributed by atoms with van der Waals surface area (Å²) in [5.41, 5.74) is 1.38. The molecule has 3 rings (SSSR count). The molecule has 152 valence electrons. The van der Waals surface area contributed by atoms with Gasteiger partial charge in [-0.25, -0.2) is 4.39 Å². The number of ether oxygens (including phenoxy) is 1. The topological polar surface area (TPSA) is 63.7 Å². The molecule has 1 saturated heterocycles. The van der Waals surface area contributed by atoms with E-state index >= 15 is 0 Å². The third-order valence-corrected chi connectivity index (χ3v) is 5.30. The fourth-order valence-electron chi connectivity index (χ4n) is 3.75. The second-order valence-corrected chi connectivity index (χ2v) is 7.20. The van der Waals surface area contributed by atoms with E-state index in [0.717, 1.165) is 12.0 Å². The van der Waals surface area contributed by atoms with Crippen molar-refractivity contribution in [2.45, 2.75) is 38.6 Å². The number of ketones is 2. The number of hydrogen-bond donors (Lipinski definition) is 0. The minimum atomic E-state index is -0.589. The number of methoxy groups -OCH3 is 1. The minimum Gasteiger partial charge on any atom is -0.496 e. The van der Waals surface area contributed by atoms with Crippen LogP contribution < -0.4 is 4.74 Å². The molecule has 0 bridgehead atoms. The van der Waals surface area contributed by atoms with Crippen molar-refractivity contribution in [1.29, 1.82) is 0 Å². The van der Waals surface area contributed by atoms with Crippen LogP contribution in [0.25, 0.3) is 0 Å². The van der Waals surface area contributed by atoms with Crippen molar-refractivity contribution in [3.05, 3.63) is 65.0 Å². The lowest BCUT2D eigenvalue weighted by atomic mass is 9.99. The number of likely N-dealkylation sites (tertiary alicyclic amines) is 1. The van der Waals surface area contributed by atoms with Gasteiger partial charge in [0.15, 0.2) is 11.6 Å². The van der Waals surface area contributed by atoms with E-state index in [2.05, 4.69) is 0 Å². The Morgan fingerprint density at radius 2 is 1.90 bits per heavy atom. The Morgan fingerprint density at radius 1 is 1.14 bits per heavy atom. The Labute approximate surface area is 169 Å². The van der Waals surface area contributed by atoms with Gasteiger partial charge in [0.05, 0.1) is 18.7 Å². The van der Waals surface area contributed by atoms with Crippen molar-refractivity contribution in [3.8, 4) is 5.75 Å². The molecule has 1 fully saturated rings. The molecular weight excluding hydrogens is 373 g/mol. The highest BCUT2D eigenvalue weighted by molar-refractivity contribution is 6.03. The molecule has 0 N–H and O–H groups in total. The lowest BCUT2D eigenvalue weighted by Gasteiger charge is -2.24. The molecule has 0 aliphatic carbocycles. The number of halogens is 1. The third-order valence-electron chi connectivity index (χ3n) is 5.30. The van der Waals surface area contributed by atoms with Gasteiger partial charge in [0.1, 0.15) is 11.6 Å². The highest BCUT2D eigenvalue weighted by Gasteiger charge is 2.34. The van der Waals surface area contributed by atoms with Gasteiger partial charge in [0.2, 0.25) is 5.91 Å². The highest BCUT2D eigenvalue weighted by atomic mass is 19.1. The molecule has 1 heterocycles. The van der Waals surface area contributed by atoms with E-state index in [1.807, 2.05) is 6.92 Å². The molecular formula is C23H24FNO4. The van der Waals surface area contributed by atoms with Gasteiger partial charge in [-0.2, -0.15) is 0 Å². The average molecular weight is 397 g/mol. The van der Waals surface area contributed by atoms with E-state index in [-0.39, 0.29) is 30.1 Å². The number of Topliss-reactive ketones (excluding diaryl/α,β-unsaturated/α-hetero) is 2. The maximum atomic E-state index is 13.7. The van der Waals surface area contributed by atoms with Crippen LogP contribution in [0.4, 0.5) is 4.39 Å². The molecule has 6 heteroatoms. The van der Waals surface area contributed by atoms with Crippen LogP contribution in [0.2, 0.25) is 0 Å². The molecule has 1 atom stereocenters. The number of amides is 1. The number of carbonyl (C=O) groups excluding carboxylic acids is 3. The molecule has 2 aromatic carbocycles. The number of carbonyl (C=O) groups is 3. The summed E-state index contributed by atoms with van der Waals surface area (Å²) in [5.74, 6) is -0.663. The number of nitrogens with zero attached hydrogens (tertiary/aromatic N) is 1. The predicted molar refractivity (Wildman–Crippen MR) is 107 cm³/mol. The van der Waals surface area contributed by atoms with Gasteiger partial charge in [-0.05, 0) is 55.7 Å². The Bertz CT molecular complexity index is 940. The van der Waals surface area contributed by atoms with Crippen LogP contribution >= 0.6 is 0 Å². The summed E-state index contributed by atoms with van der Waals surface area (Å²) >= 11 is 0. The number of aryl methyl sites for hydroxylation is 1. The molecule has 1 aliphatic rings. The largest absolute Gasteiger partial charge is 0.496 e.